The Labute approximate surface area is 403 Å². The Morgan fingerprint density at radius 2 is 1.04 bits per heavy atom. The number of nitrogens with zero attached hydrogens (tertiary/aromatic N) is 2. The first-order valence-electron chi connectivity index (χ1n) is 24.0. The second-order valence-electron chi connectivity index (χ2n) is 20.0. The van der Waals surface area contributed by atoms with Crippen molar-refractivity contribution < 1.29 is 0 Å². The molecule has 322 valence electrons. The Kier molecular flexibility index (Phi) is 8.38. The molecule has 0 atom stereocenters. The van der Waals surface area contributed by atoms with Crippen LogP contribution in [0.25, 0.3) is 44.5 Å². The molecule has 3 heterocycles. The summed E-state index contributed by atoms with van der Waals surface area (Å²) in [6, 6.07) is 80.3. The summed E-state index contributed by atoms with van der Waals surface area (Å²) in [7, 11) is 0. The van der Waals surface area contributed by atoms with Crippen LogP contribution in [-0.4, -0.2) is 6.71 Å². The van der Waals surface area contributed by atoms with Gasteiger partial charge in [-0.1, -0.05) is 196 Å². The summed E-state index contributed by atoms with van der Waals surface area (Å²) in [4.78, 5) is 6.60. The van der Waals surface area contributed by atoms with E-state index in [1.54, 1.807) is 0 Å². The monoisotopic (exact) mass is 886 g/mol. The molecule has 1 aromatic heterocycles. The predicted molar refractivity (Wildman–Crippen MR) is 289 cm³/mol. The number of rotatable bonds is 4. The highest BCUT2D eigenvalue weighted by Gasteiger charge is 2.56. The van der Waals surface area contributed by atoms with Crippen LogP contribution in [0, 0.1) is 6.92 Å². The summed E-state index contributed by atoms with van der Waals surface area (Å²) >= 11 is 2.05. The maximum absolute atomic E-state index is 2.61. The first-order chi connectivity index (χ1) is 33.3. The van der Waals surface area contributed by atoms with Gasteiger partial charge in [0.25, 0.3) is 6.71 Å². The third-order valence-corrected chi connectivity index (χ3v) is 16.6. The Hall–Kier alpha value is -7.66. The average molecular weight is 887 g/mol. The molecular weight excluding hydrogens is 840 g/mol. The number of hydrogen-bond donors (Lipinski definition) is 0. The molecule has 0 saturated heterocycles. The smallest absolute Gasteiger partial charge is 0.264 e. The summed E-state index contributed by atoms with van der Waals surface area (Å²) < 4.78 is 1.40. The van der Waals surface area contributed by atoms with Gasteiger partial charge in [-0.25, -0.2) is 0 Å². The molecule has 0 bridgehead atoms. The molecule has 0 fully saturated rings. The van der Waals surface area contributed by atoms with E-state index in [2.05, 4.69) is 250 Å². The highest BCUT2D eigenvalue weighted by Crippen LogP contribution is 2.67. The van der Waals surface area contributed by atoms with Crippen LogP contribution in [0.4, 0.5) is 34.1 Å². The summed E-state index contributed by atoms with van der Waals surface area (Å²) in [5.41, 5.74) is 26.5. The zero-order valence-electron chi connectivity index (χ0n) is 38.6. The van der Waals surface area contributed by atoms with Gasteiger partial charge in [0.05, 0.1) is 11.1 Å². The number of para-hydroxylation sites is 1. The van der Waals surface area contributed by atoms with Gasteiger partial charge in [-0.15, -0.1) is 11.3 Å². The maximum atomic E-state index is 2.61. The average Bonchev–Trinajstić information content (AvgIpc) is 4.01. The molecule has 0 radical (unpaired) electrons. The SMILES string of the molecule is Cc1ccc(-c2ccccc2)c(-c2ccc3c(c2)N(c2ccc(C(C)(C)C)cc2)c2cccc4c2B3c2sc3c(c2N4c2ccccc2)-c2ccccc2C32c3ccccc3-c3ccccc32)c1. The van der Waals surface area contributed by atoms with Gasteiger partial charge in [-0.05, 0) is 127 Å². The van der Waals surface area contributed by atoms with Crippen LogP contribution in [0.2, 0.25) is 0 Å². The normalized spacial score (nSPS) is 14.2. The first kappa shape index (κ1) is 39.5. The molecule has 1 spiro atoms. The number of hydrogen-bond acceptors (Lipinski definition) is 3. The van der Waals surface area contributed by atoms with Gasteiger partial charge in [-0.2, -0.15) is 0 Å². The largest absolute Gasteiger partial charge is 0.311 e. The molecule has 68 heavy (non-hydrogen) atoms. The van der Waals surface area contributed by atoms with Gasteiger partial charge < -0.3 is 9.80 Å². The molecule has 0 unspecified atom stereocenters. The van der Waals surface area contributed by atoms with Gasteiger partial charge >= 0.3 is 0 Å². The van der Waals surface area contributed by atoms with Crippen LogP contribution in [0.5, 0.6) is 0 Å². The van der Waals surface area contributed by atoms with Crippen molar-refractivity contribution in [1.82, 2.24) is 0 Å². The van der Waals surface area contributed by atoms with Crippen LogP contribution < -0.4 is 25.5 Å². The Morgan fingerprint density at radius 3 is 1.72 bits per heavy atom. The summed E-state index contributed by atoms with van der Waals surface area (Å²) in [6.45, 7) is 9.10. The minimum Gasteiger partial charge on any atom is -0.311 e. The molecule has 2 aliphatic carbocycles. The third-order valence-electron chi connectivity index (χ3n) is 15.3. The molecule has 0 amide bonds. The Bertz CT molecular complexity index is 3650. The van der Waals surface area contributed by atoms with E-state index in [9.17, 15) is 0 Å². The molecule has 10 aromatic rings. The van der Waals surface area contributed by atoms with Crippen molar-refractivity contribution in [2.45, 2.75) is 38.5 Å². The number of anilines is 6. The highest BCUT2D eigenvalue weighted by molar-refractivity contribution is 7.30. The van der Waals surface area contributed by atoms with Gasteiger partial charge in [0.2, 0.25) is 0 Å². The molecular formula is C64H47BN2S. The van der Waals surface area contributed by atoms with E-state index >= 15 is 0 Å². The van der Waals surface area contributed by atoms with Crippen molar-refractivity contribution in [3.05, 3.63) is 245 Å². The summed E-state index contributed by atoms with van der Waals surface area (Å²) in [6.07, 6.45) is 0. The third kappa shape index (κ3) is 5.35. The number of thiophene rings is 1. The van der Waals surface area contributed by atoms with Crippen molar-refractivity contribution in [3.8, 4) is 44.5 Å². The molecule has 14 rings (SSSR count). The maximum Gasteiger partial charge on any atom is 0.264 e. The first-order valence-corrected chi connectivity index (χ1v) is 24.8. The van der Waals surface area contributed by atoms with Crippen molar-refractivity contribution in [2.75, 3.05) is 9.80 Å². The Balaban J connectivity index is 1.09. The van der Waals surface area contributed by atoms with Crippen molar-refractivity contribution in [1.29, 1.82) is 0 Å². The minimum absolute atomic E-state index is 0.0110. The topological polar surface area (TPSA) is 6.48 Å². The minimum atomic E-state index is -0.445. The number of aryl methyl sites for hydroxylation is 1. The van der Waals surface area contributed by atoms with Crippen LogP contribution in [0.15, 0.2) is 212 Å². The van der Waals surface area contributed by atoms with Crippen molar-refractivity contribution in [3.63, 3.8) is 0 Å². The lowest BCUT2D eigenvalue weighted by atomic mass is 9.36. The van der Waals surface area contributed by atoms with Crippen LogP contribution in [-0.2, 0) is 10.8 Å². The van der Waals surface area contributed by atoms with Crippen LogP contribution in [0.1, 0.15) is 53.5 Å². The van der Waals surface area contributed by atoms with Crippen LogP contribution >= 0.6 is 11.3 Å². The molecule has 0 N–H and O–H groups in total. The highest BCUT2D eigenvalue weighted by atomic mass is 32.1. The fourth-order valence-electron chi connectivity index (χ4n) is 12.3. The molecule has 4 aliphatic rings. The van der Waals surface area contributed by atoms with Crippen LogP contribution in [0.3, 0.4) is 0 Å². The molecule has 2 nitrogen and oxygen atoms in total. The second-order valence-corrected chi connectivity index (χ2v) is 21.1. The molecule has 4 heteroatoms. The predicted octanol–water partition coefficient (Wildman–Crippen LogP) is 15.1. The standard InChI is InChI=1S/C64H47BN2S/c1-40-30-36-46(41-18-7-5-8-19-41)50(38-40)42-31-37-54-57(39-42)66(45-34-32-43(33-35-45)63(2,3)4)55-28-17-29-56-59(55)65(54)62-60(67(56)44-20-9-6-10-21-44)58-49-24-13-16-27-53(49)64(61(58)68-62)51-25-14-11-22-47(51)48-23-12-15-26-52(48)64/h5-39H,1-4H3. The van der Waals surface area contributed by atoms with E-state index in [1.807, 2.05) is 11.3 Å². The van der Waals surface area contributed by atoms with Gasteiger partial charge in [0.15, 0.2) is 0 Å². The van der Waals surface area contributed by atoms with E-state index in [0.717, 1.165) is 5.69 Å². The van der Waals surface area contributed by atoms with E-state index in [1.165, 1.54) is 121 Å². The second kappa shape index (κ2) is 14.4. The fraction of sp³-hybridized carbons (Fsp3) is 0.0938. The van der Waals surface area contributed by atoms with Crippen molar-refractivity contribution >= 4 is 67.9 Å². The summed E-state index contributed by atoms with van der Waals surface area (Å²) in [5, 5.41) is 0. The van der Waals surface area contributed by atoms with E-state index in [4.69, 9.17) is 0 Å². The summed E-state index contributed by atoms with van der Waals surface area (Å²) in [5.74, 6) is 0. The zero-order valence-corrected chi connectivity index (χ0v) is 39.4. The molecule has 9 aromatic carbocycles. The van der Waals surface area contributed by atoms with Gasteiger partial charge in [0.1, 0.15) is 0 Å². The lowest BCUT2D eigenvalue weighted by Gasteiger charge is -2.43. The fourth-order valence-corrected chi connectivity index (χ4v) is 14.0. The van der Waals surface area contributed by atoms with E-state index in [0.29, 0.717) is 0 Å². The molecule has 0 saturated carbocycles. The lowest BCUT2D eigenvalue weighted by Crippen LogP contribution is -2.60. The quantitative estimate of drug-likeness (QED) is 0.163. The zero-order chi connectivity index (χ0) is 45.5. The van der Waals surface area contributed by atoms with E-state index in [-0.39, 0.29) is 12.1 Å². The van der Waals surface area contributed by atoms with E-state index < -0.39 is 5.41 Å². The Morgan fingerprint density at radius 1 is 0.456 bits per heavy atom. The molecule has 2 aliphatic heterocycles. The lowest BCUT2D eigenvalue weighted by molar-refractivity contribution is 0.590. The van der Waals surface area contributed by atoms with Crippen molar-refractivity contribution in [2.24, 2.45) is 0 Å². The van der Waals surface area contributed by atoms with Gasteiger partial charge in [-0.3, -0.25) is 0 Å². The van der Waals surface area contributed by atoms with Gasteiger partial charge in [0, 0.05) is 43.7 Å². The number of fused-ring (bicyclic) bond motifs is 15. The number of benzene rings is 9.